The number of hydrogen-bond donors (Lipinski definition) is 0. The summed E-state index contributed by atoms with van der Waals surface area (Å²) in [5.41, 5.74) is 2.95. The fourth-order valence-electron chi connectivity index (χ4n) is 3.03. The molecule has 0 saturated carbocycles. The molecule has 28 heavy (non-hydrogen) atoms. The SMILES string of the molecule is C=CCN(C(=O)CCc1ccc2c(c1)OCO2)c1nc(-c2ccccc2)cs1. The predicted octanol–water partition coefficient (Wildman–Crippen LogP) is 4.69. The number of carbonyl (C=O) groups excluding carboxylic acids is 1. The van der Waals surface area contributed by atoms with Gasteiger partial charge in [0.1, 0.15) is 0 Å². The van der Waals surface area contributed by atoms with Gasteiger partial charge in [-0.2, -0.15) is 0 Å². The maximum absolute atomic E-state index is 12.9. The molecule has 0 bridgehead atoms. The molecule has 2 aromatic carbocycles. The van der Waals surface area contributed by atoms with Crippen LogP contribution in [-0.4, -0.2) is 24.2 Å². The van der Waals surface area contributed by atoms with E-state index >= 15 is 0 Å². The second kappa shape index (κ2) is 8.27. The van der Waals surface area contributed by atoms with Crippen molar-refractivity contribution in [2.45, 2.75) is 12.8 Å². The molecule has 4 rings (SSSR count). The van der Waals surface area contributed by atoms with Crippen LogP contribution in [0.2, 0.25) is 0 Å². The molecule has 142 valence electrons. The van der Waals surface area contributed by atoms with E-state index in [2.05, 4.69) is 11.6 Å². The van der Waals surface area contributed by atoms with Crippen LogP contribution in [-0.2, 0) is 11.2 Å². The predicted molar refractivity (Wildman–Crippen MR) is 111 cm³/mol. The Balaban J connectivity index is 1.46. The summed E-state index contributed by atoms with van der Waals surface area (Å²) in [6.45, 7) is 4.46. The molecule has 0 atom stereocenters. The summed E-state index contributed by atoms with van der Waals surface area (Å²) >= 11 is 1.47. The number of nitrogens with zero attached hydrogens (tertiary/aromatic N) is 2. The summed E-state index contributed by atoms with van der Waals surface area (Å²) in [6, 6.07) is 15.7. The summed E-state index contributed by atoms with van der Waals surface area (Å²) in [7, 11) is 0. The lowest BCUT2D eigenvalue weighted by Crippen LogP contribution is -2.31. The molecule has 0 radical (unpaired) electrons. The molecule has 0 aliphatic carbocycles. The maximum Gasteiger partial charge on any atom is 0.231 e. The molecule has 0 spiro atoms. The van der Waals surface area contributed by atoms with Gasteiger partial charge in [0.2, 0.25) is 12.7 Å². The second-order valence-electron chi connectivity index (χ2n) is 6.36. The third-order valence-corrected chi connectivity index (χ3v) is 5.33. The highest BCUT2D eigenvalue weighted by atomic mass is 32.1. The van der Waals surface area contributed by atoms with Crippen molar-refractivity contribution < 1.29 is 14.3 Å². The van der Waals surface area contributed by atoms with Gasteiger partial charge in [0.15, 0.2) is 16.6 Å². The topological polar surface area (TPSA) is 51.7 Å². The maximum atomic E-state index is 12.9. The molecule has 1 amide bonds. The fraction of sp³-hybridized carbons (Fsp3) is 0.182. The van der Waals surface area contributed by atoms with Gasteiger partial charge in [0.05, 0.1) is 5.69 Å². The largest absolute Gasteiger partial charge is 0.454 e. The minimum atomic E-state index is 0.0199. The van der Waals surface area contributed by atoms with Crippen LogP contribution in [0.3, 0.4) is 0 Å². The zero-order chi connectivity index (χ0) is 19.3. The number of anilines is 1. The summed E-state index contributed by atoms with van der Waals surface area (Å²) in [5, 5.41) is 2.67. The normalized spacial score (nSPS) is 12.0. The lowest BCUT2D eigenvalue weighted by atomic mass is 10.1. The Hall–Kier alpha value is -3.12. The van der Waals surface area contributed by atoms with Gasteiger partial charge in [-0.25, -0.2) is 4.98 Å². The minimum absolute atomic E-state index is 0.0199. The number of thiazole rings is 1. The van der Waals surface area contributed by atoms with Crippen molar-refractivity contribution in [2.24, 2.45) is 0 Å². The fourth-order valence-corrected chi connectivity index (χ4v) is 3.89. The number of aromatic nitrogens is 1. The van der Waals surface area contributed by atoms with Crippen LogP contribution in [0.4, 0.5) is 5.13 Å². The van der Waals surface area contributed by atoms with Crippen molar-refractivity contribution in [1.29, 1.82) is 0 Å². The first-order valence-electron chi connectivity index (χ1n) is 9.05. The van der Waals surface area contributed by atoms with E-state index in [0.717, 1.165) is 28.3 Å². The van der Waals surface area contributed by atoms with Gasteiger partial charge in [-0.05, 0) is 24.1 Å². The second-order valence-corrected chi connectivity index (χ2v) is 7.20. The van der Waals surface area contributed by atoms with E-state index in [0.29, 0.717) is 24.5 Å². The molecule has 0 N–H and O–H groups in total. The molecule has 0 unspecified atom stereocenters. The van der Waals surface area contributed by atoms with Crippen molar-refractivity contribution >= 4 is 22.4 Å². The lowest BCUT2D eigenvalue weighted by molar-refractivity contribution is -0.118. The molecule has 5 nitrogen and oxygen atoms in total. The number of fused-ring (bicyclic) bond motifs is 1. The quantitative estimate of drug-likeness (QED) is 0.548. The van der Waals surface area contributed by atoms with E-state index in [-0.39, 0.29) is 12.7 Å². The van der Waals surface area contributed by atoms with Crippen LogP contribution in [0.25, 0.3) is 11.3 Å². The lowest BCUT2D eigenvalue weighted by Gasteiger charge is -2.18. The number of carbonyl (C=O) groups is 1. The van der Waals surface area contributed by atoms with Crippen LogP contribution >= 0.6 is 11.3 Å². The molecular weight excluding hydrogens is 372 g/mol. The van der Waals surface area contributed by atoms with Crippen molar-refractivity contribution in [3.8, 4) is 22.8 Å². The molecule has 1 aliphatic heterocycles. The monoisotopic (exact) mass is 392 g/mol. The number of ether oxygens (including phenoxy) is 2. The number of rotatable bonds is 7. The molecule has 1 aliphatic rings. The van der Waals surface area contributed by atoms with Crippen LogP contribution < -0.4 is 14.4 Å². The Kier molecular flexibility index (Phi) is 5.39. The van der Waals surface area contributed by atoms with E-state index < -0.39 is 0 Å². The molecule has 0 saturated heterocycles. The standard InChI is InChI=1S/C22H20N2O3S/c1-2-12-24(22-23-18(14-28-22)17-6-4-3-5-7-17)21(25)11-9-16-8-10-19-20(13-16)27-15-26-19/h2-8,10,13-14H,1,9,11-12,15H2. The zero-order valence-electron chi connectivity index (χ0n) is 15.3. The molecule has 6 heteroatoms. The number of benzene rings is 2. The first-order chi connectivity index (χ1) is 13.7. The van der Waals surface area contributed by atoms with Gasteiger partial charge >= 0.3 is 0 Å². The van der Waals surface area contributed by atoms with Crippen LogP contribution in [0.5, 0.6) is 11.5 Å². The molecule has 1 aromatic heterocycles. The first kappa shape index (κ1) is 18.3. The van der Waals surface area contributed by atoms with E-state index in [9.17, 15) is 4.79 Å². The summed E-state index contributed by atoms with van der Waals surface area (Å²) in [6.07, 6.45) is 2.73. The van der Waals surface area contributed by atoms with Crippen molar-refractivity contribution in [3.05, 3.63) is 72.1 Å². The number of hydrogen-bond acceptors (Lipinski definition) is 5. The van der Waals surface area contributed by atoms with Gasteiger partial charge in [-0.15, -0.1) is 17.9 Å². The van der Waals surface area contributed by atoms with Gasteiger partial charge in [-0.1, -0.05) is 42.5 Å². The van der Waals surface area contributed by atoms with Crippen LogP contribution in [0.1, 0.15) is 12.0 Å². The Morgan fingerprint density at radius 3 is 2.82 bits per heavy atom. The number of amides is 1. The molecular formula is C22H20N2O3S. The minimum Gasteiger partial charge on any atom is -0.454 e. The Morgan fingerprint density at radius 2 is 2.00 bits per heavy atom. The highest BCUT2D eigenvalue weighted by Crippen LogP contribution is 2.33. The van der Waals surface area contributed by atoms with E-state index in [1.54, 1.807) is 11.0 Å². The zero-order valence-corrected chi connectivity index (χ0v) is 16.2. The van der Waals surface area contributed by atoms with Crippen LogP contribution in [0.15, 0.2) is 66.6 Å². The van der Waals surface area contributed by atoms with E-state index in [4.69, 9.17) is 9.47 Å². The average molecular weight is 392 g/mol. The van der Waals surface area contributed by atoms with Gasteiger partial charge in [0.25, 0.3) is 0 Å². The summed E-state index contributed by atoms with van der Waals surface area (Å²) in [4.78, 5) is 19.2. The summed E-state index contributed by atoms with van der Waals surface area (Å²) in [5.74, 6) is 1.51. The Bertz CT molecular complexity index is 984. The van der Waals surface area contributed by atoms with Crippen LogP contribution in [0, 0.1) is 0 Å². The highest BCUT2D eigenvalue weighted by molar-refractivity contribution is 7.14. The van der Waals surface area contributed by atoms with Gasteiger partial charge in [-0.3, -0.25) is 9.69 Å². The molecule has 0 fully saturated rings. The third-order valence-electron chi connectivity index (χ3n) is 4.47. The van der Waals surface area contributed by atoms with Gasteiger partial charge < -0.3 is 9.47 Å². The van der Waals surface area contributed by atoms with Gasteiger partial charge in [0, 0.05) is 23.9 Å². The Labute approximate surface area is 167 Å². The summed E-state index contributed by atoms with van der Waals surface area (Å²) < 4.78 is 10.7. The highest BCUT2D eigenvalue weighted by Gasteiger charge is 2.19. The average Bonchev–Trinajstić information content (AvgIpc) is 3.40. The van der Waals surface area contributed by atoms with Crippen molar-refractivity contribution in [1.82, 2.24) is 4.98 Å². The number of aryl methyl sites for hydroxylation is 1. The van der Waals surface area contributed by atoms with E-state index in [1.165, 1.54) is 11.3 Å². The molecule has 2 heterocycles. The smallest absolute Gasteiger partial charge is 0.231 e. The molecule has 3 aromatic rings. The van der Waals surface area contributed by atoms with E-state index in [1.807, 2.05) is 53.9 Å². The first-order valence-corrected chi connectivity index (χ1v) is 9.93. The van der Waals surface area contributed by atoms with Crippen molar-refractivity contribution in [3.63, 3.8) is 0 Å². The third kappa shape index (κ3) is 3.92. The Morgan fingerprint density at radius 1 is 1.18 bits per heavy atom. The van der Waals surface area contributed by atoms with Crippen molar-refractivity contribution in [2.75, 3.05) is 18.2 Å².